The molecule has 5 rings (SSSR count). The summed E-state index contributed by atoms with van der Waals surface area (Å²) in [6.07, 6.45) is 1.89. The van der Waals surface area contributed by atoms with Crippen molar-refractivity contribution in [3.63, 3.8) is 0 Å². The van der Waals surface area contributed by atoms with E-state index in [1.165, 1.54) is 12.3 Å². The molecule has 0 saturated heterocycles. The zero-order chi connectivity index (χ0) is 25.6. The molecule has 3 aromatic heterocycles. The number of amides is 1. The Labute approximate surface area is 206 Å². The molecule has 12 heteroatoms. The number of aryl methyl sites for hydroxylation is 1. The monoisotopic (exact) mass is 500 g/mol. The first kappa shape index (κ1) is 24.0. The largest absolute Gasteiger partial charge is 0.433 e. The number of alkyl halides is 3. The molecule has 0 aliphatic carbocycles. The molecule has 36 heavy (non-hydrogen) atoms. The molecule has 0 spiro atoms. The van der Waals surface area contributed by atoms with Gasteiger partial charge >= 0.3 is 6.18 Å². The summed E-state index contributed by atoms with van der Waals surface area (Å²) >= 11 is 0. The highest BCUT2D eigenvalue weighted by molar-refractivity contribution is 6.05. The normalized spacial score (nSPS) is 17.5. The third kappa shape index (κ3) is 4.47. The molecule has 1 atom stereocenters. The molecule has 5 heterocycles. The molecule has 9 nitrogen and oxygen atoms in total. The second-order valence-electron chi connectivity index (χ2n) is 9.51. The van der Waals surface area contributed by atoms with Crippen LogP contribution in [0, 0.1) is 5.92 Å². The van der Waals surface area contributed by atoms with E-state index in [1.807, 2.05) is 36.9 Å². The fourth-order valence-electron chi connectivity index (χ4n) is 4.83. The number of carbonyl (C=O) groups is 1. The van der Waals surface area contributed by atoms with Crippen molar-refractivity contribution in [2.45, 2.75) is 52.0 Å². The Balaban J connectivity index is 1.30. The standard InChI is InChI=1S/C24H27F3N8O/c1-14(2)19-22(36)35-8-4-5-17-20(35)21(33(19)3)32-23(31-17)29-10-16-11-30-34(13-16)12-15-6-7-18(28-9-15)24(25,26)27/h6-7,9,11,13-14,19H,4-5,8,10,12H2,1-3H3,(H,29,31,32)/t19-/m0/s1. The Hall–Kier alpha value is -3.70. The van der Waals surface area contributed by atoms with Crippen molar-refractivity contribution >= 4 is 23.4 Å². The van der Waals surface area contributed by atoms with Crippen molar-refractivity contribution in [1.82, 2.24) is 24.7 Å². The lowest BCUT2D eigenvalue weighted by atomic mass is 9.95. The van der Waals surface area contributed by atoms with Crippen LogP contribution in [0.3, 0.4) is 0 Å². The number of hydrogen-bond acceptors (Lipinski definition) is 7. The highest BCUT2D eigenvalue weighted by Crippen LogP contribution is 2.41. The summed E-state index contributed by atoms with van der Waals surface area (Å²) in [6.45, 7) is 5.47. The van der Waals surface area contributed by atoms with Crippen LogP contribution >= 0.6 is 0 Å². The van der Waals surface area contributed by atoms with Crippen molar-refractivity contribution < 1.29 is 18.0 Å². The summed E-state index contributed by atoms with van der Waals surface area (Å²) < 4.78 is 39.8. The number of likely N-dealkylation sites (N-methyl/N-ethyl adjacent to an activating group) is 1. The van der Waals surface area contributed by atoms with Crippen molar-refractivity contribution in [3.8, 4) is 0 Å². The van der Waals surface area contributed by atoms with E-state index in [1.54, 1.807) is 10.9 Å². The number of rotatable bonds is 6. The van der Waals surface area contributed by atoms with Gasteiger partial charge in [-0.2, -0.15) is 23.3 Å². The molecule has 2 aliphatic heterocycles. The third-order valence-corrected chi connectivity index (χ3v) is 6.50. The Morgan fingerprint density at radius 2 is 1.97 bits per heavy atom. The van der Waals surface area contributed by atoms with Crippen molar-refractivity contribution in [2.24, 2.45) is 5.92 Å². The Morgan fingerprint density at radius 3 is 2.67 bits per heavy atom. The van der Waals surface area contributed by atoms with Crippen LogP contribution in [0.25, 0.3) is 0 Å². The molecular formula is C24H27F3N8O. The smallest absolute Gasteiger partial charge is 0.350 e. The number of aromatic nitrogens is 5. The van der Waals surface area contributed by atoms with Gasteiger partial charge in [-0.05, 0) is 30.4 Å². The maximum atomic E-state index is 13.1. The number of carbonyl (C=O) groups excluding carboxylic acids is 1. The second-order valence-corrected chi connectivity index (χ2v) is 9.51. The molecule has 2 aliphatic rings. The Kier molecular flexibility index (Phi) is 6.05. The van der Waals surface area contributed by atoms with Crippen LogP contribution < -0.4 is 15.1 Å². The van der Waals surface area contributed by atoms with Crippen LogP contribution in [0.15, 0.2) is 30.7 Å². The van der Waals surface area contributed by atoms with Gasteiger partial charge in [0, 0.05) is 38.1 Å². The van der Waals surface area contributed by atoms with Gasteiger partial charge in [-0.15, -0.1) is 0 Å². The van der Waals surface area contributed by atoms with Gasteiger partial charge in [-0.3, -0.25) is 14.5 Å². The van der Waals surface area contributed by atoms with E-state index in [2.05, 4.69) is 15.4 Å². The minimum Gasteiger partial charge on any atom is -0.350 e. The number of anilines is 3. The minimum atomic E-state index is -4.46. The summed E-state index contributed by atoms with van der Waals surface area (Å²) in [7, 11) is 1.90. The van der Waals surface area contributed by atoms with Crippen LogP contribution in [0.1, 0.15) is 42.8 Å². The van der Waals surface area contributed by atoms with E-state index in [0.717, 1.165) is 41.7 Å². The van der Waals surface area contributed by atoms with Crippen molar-refractivity contribution in [2.75, 3.05) is 28.7 Å². The molecule has 0 unspecified atom stereocenters. The van der Waals surface area contributed by atoms with Crippen molar-refractivity contribution in [1.29, 1.82) is 0 Å². The summed E-state index contributed by atoms with van der Waals surface area (Å²) in [6, 6.07) is 2.09. The average molecular weight is 501 g/mol. The minimum absolute atomic E-state index is 0.0981. The first-order valence-electron chi connectivity index (χ1n) is 11.8. The SMILES string of the molecule is CC(C)[C@H]1C(=O)N2CCCc3nc(NCc4cnn(Cc5ccc(C(F)(F)F)nc5)c4)nc(c32)N1C. The molecular weight excluding hydrogens is 473 g/mol. The van der Waals surface area contributed by atoms with E-state index >= 15 is 0 Å². The maximum Gasteiger partial charge on any atom is 0.433 e. The van der Waals surface area contributed by atoms with E-state index in [-0.39, 0.29) is 17.9 Å². The molecule has 1 N–H and O–H groups in total. The van der Waals surface area contributed by atoms with Gasteiger partial charge in [0.05, 0.1) is 18.4 Å². The van der Waals surface area contributed by atoms with Gasteiger partial charge in [0.25, 0.3) is 0 Å². The lowest BCUT2D eigenvalue weighted by Crippen LogP contribution is -2.56. The topological polar surface area (TPSA) is 92.1 Å². The highest BCUT2D eigenvalue weighted by Gasteiger charge is 2.42. The maximum absolute atomic E-state index is 13.1. The van der Waals surface area contributed by atoms with Crippen LogP contribution in [0.4, 0.5) is 30.6 Å². The van der Waals surface area contributed by atoms with Gasteiger partial charge in [0.1, 0.15) is 17.4 Å². The quantitative estimate of drug-likeness (QED) is 0.554. The van der Waals surface area contributed by atoms with E-state index in [4.69, 9.17) is 9.97 Å². The fourth-order valence-corrected chi connectivity index (χ4v) is 4.83. The van der Waals surface area contributed by atoms with Crippen molar-refractivity contribution in [3.05, 3.63) is 53.2 Å². The van der Waals surface area contributed by atoms with Gasteiger partial charge in [-0.1, -0.05) is 19.9 Å². The number of hydrogen-bond donors (Lipinski definition) is 1. The lowest BCUT2D eigenvalue weighted by molar-refractivity contribution is -0.141. The zero-order valence-electron chi connectivity index (χ0n) is 20.2. The Bertz CT molecular complexity index is 1270. The van der Waals surface area contributed by atoms with Gasteiger partial charge in [0.2, 0.25) is 11.9 Å². The number of pyridine rings is 1. The summed E-state index contributed by atoms with van der Waals surface area (Å²) in [5.74, 6) is 1.47. The molecule has 0 bridgehead atoms. The van der Waals surface area contributed by atoms with E-state index < -0.39 is 11.9 Å². The summed E-state index contributed by atoms with van der Waals surface area (Å²) in [5.41, 5.74) is 2.24. The van der Waals surface area contributed by atoms with E-state index in [9.17, 15) is 18.0 Å². The number of nitrogens with one attached hydrogen (secondary N) is 1. The number of halogens is 3. The highest BCUT2D eigenvalue weighted by atomic mass is 19.4. The third-order valence-electron chi connectivity index (χ3n) is 6.50. The molecule has 1 amide bonds. The molecule has 0 aromatic carbocycles. The summed E-state index contributed by atoms with van der Waals surface area (Å²) in [4.78, 5) is 29.8. The fraction of sp³-hybridized carbons (Fsp3) is 0.458. The van der Waals surface area contributed by atoms with Crippen LogP contribution in [-0.2, 0) is 30.5 Å². The predicted octanol–water partition coefficient (Wildman–Crippen LogP) is 3.50. The second kappa shape index (κ2) is 9.07. The van der Waals surface area contributed by atoms with Gasteiger partial charge < -0.3 is 15.1 Å². The zero-order valence-corrected chi connectivity index (χ0v) is 20.2. The van der Waals surface area contributed by atoms with Crippen LogP contribution in [0.5, 0.6) is 0 Å². The van der Waals surface area contributed by atoms with Crippen LogP contribution in [-0.4, -0.2) is 50.3 Å². The predicted molar refractivity (Wildman–Crippen MR) is 128 cm³/mol. The average Bonchev–Trinajstić information content (AvgIpc) is 3.28. The molecule has 3 aromatic rings. The van der Waals surface area contributed by atoms with Gasteiger partial charge in [-0.25, -0.2) is 4.98 Å². The van der Waals surface area contributed by atoms with E-state index in [0.29, 0.717) is 31.1 Å². The first-order chi connectivity index (χ1) is 17.1. The molecule has 0 fully saturated rings. The Morgan fingerprint density at radius 1 is 1.17 bits per heavy atom. The number of nitrogens with zero attached hydrogens (tertiary/aromatic N) is 7. The first-order valence-corrected chi connectivity index (χ1v) is 11.8. The van der Waals surface area contributed by atoms with Gasteiger partial charge in [0.15, 0.2) is 5.82 Å². The molecule has 0 saturated carbocycles. The van der Waals surface area contributed by atoms with Crippen LogP contribution in [0.2, 0.25) is 0 Å². The molecule has 190 valence electrons. The summed E-state index contributed by atoms with van der Waals surface area (Å²) in [5, 5.41) is 7.56. The molecule has 0 radical (unpaired) electrons. The lowest BCUT2D eigenvalue weighted by Gasteiger charge is -2.44.